The van der Waals surface area contributed by atoms with Gasteiger partial charge in [-0.3, -0.25) is 4.79 Å². The first-order valence-corrected chi connectivity index (χ1v) is 11.9. The summed E-state index contributed by atoms with van der Waals surface area (Å²) in [4.78, 5) is 32.4. The minimum Gasteiger partial charge on any atom is -0.479 e. The van der Waals surface area contributed by atoms with E-state index in [1.807, 2.05) is 25.7 Å². The first-order valence-electron chi connectivity index (χ1n) is 10.1. The van der Waals surface area contributed by atoms with Gasteiger partial charge in [0.2, 0.25) is 0 Å². The predicted octanol–water partition coefficient (Wildman–Crippen LogP) is 1.86. The van der Waals surface area contributed by atoms with E-state index in [0.29, 0.717) is 44.6 Å². The number of likely N-dealkylation sites (tertiary alicyclic amines) is 2. The lowest BCUT2D eigenvalue weighted by molar-refractivity contribution is -0.136. The number of rotatable bonds is 4. The quantitative estimate of drug-likeness (QED) is 0.705. The second-order valence-corrected chi connectivity index (χ2v) is 10.7. The zero-order valence-corrected chi connectivity index (χ0v) is 18.6. The molecule has 1 aromatic heterocycles. The third-order valence-corrected chi connectivity index (χ3v) is 6.12. The highest BCUT2D eigenvalue weighted by Gasteiger charge is 2.39. The molecule has 0 saturated carbocycles. The van der Waals surface area contributed by atoms with Gasteiger partial charge in [-0.25, -0.2) is 18.2 Å². The summed E-state index contributed by atoms with van der Waals surface area (Å²) in [5.41, 5.74) is -0.530. The van der Waals surface area contributed by atoms with E-state index in [2.05, 4.69) is 4.98 Å². The molecule has 166 valence electrons. The number of nitrogens with zero attached hydrogens (tertiary/aromatic N) is 3. The molecule has 2 saturated heterocycles. The largest absolute Gasteiger partial charge is 0.479 e. The molecule has 9 nitrogen and oxygen atoms in total. The maximum atomic E-state index is 12.8. The van der Waals surface area contributed by atoms with Crippen LogP contribution in [0.5, 0.6) is 5.75 Å². The zero-order valence-electron chi connectivity index (χ0n) is 17.8. The van der Waals surface area contributed by atoms with E-state index in [1.54, 1.807) is 4.90 Å². The van der Waals surface area contributed by atoms with Crippen LogP contribution >= 0.6 is 0 Å². The first-order chi connectivity index (χ1) is 13.9. The monoisotopic (exact) mass is 439 g/mol. The Morgan fingerprint density at radius 1 is 1.13 bits per heavy atom. The Bertz CT molecular complexity index is 886. The Kier molecular flexibility index (Phi) is 6.26. The van der Waals surface area contributed by atoms with Crippen molar-refractivity contribution in [2.24, 2.45) is 0 Å². The molecule has 3 heterocycles. The first kappa shape index (κ1) is 22.3. The van der Waals surface area contributed by atoms with Crippen LogP contribution in [0, 0.1) is 0 Å². The van der Waals surface area contributed by atoms with Crippen molar-refractivity contribution in [3.63, 3.8) is 0 Å². The molecule has 0 aliphatic carbocycles. The van der Waals surface area contributed by atoms with Crippen molar-refractivity contribution in [2.45, 2.75) is 62.8 Å². The number of aromatic nitrogens is 1. The van der Waals surface area contributed by atoms with E-state index >= 15 is 0 Å². The molecular formula is C20H29N3O6S. The number of pyridine rings is 1. The second-order valence-electron chi connectivity index (χ2n) is 8.73. The Morgan fingerprint density at radius 2 is 1.80 bits per heavy atom. The molecule has 0 spiro atoms. The molecule has 1 aromatic rings. The van der Waals surface area contributed by atoms with Crippen LogP contribution in [0.2, 0.25) is 0 Å². The standard InChI is InChI=1S/C20H29N3O6S/c1-20(2,3)29-19(25)22-10-7-14(8-11-22)23-12-9-16(18(23)24)28-15-5-6-17(21-13-15)30(4,26)27/h5-6,13-14,16H,7-12H2,1-4H3. The lowest BCUT2D eigenvalue weighted by atomic mass is 10.0. The number of piperidine rings is 1. The Morgan fingerprint density at radius 3 is 2.33 bits per heavy atom. The third kappa shape index (κ3) is 5.41. The second kappa shape index (κ2) is 8.41. The number of hydrogen-bond acceptors (Lipinski definition) is 7. The Balaban J connectivity index is 1.53. The lowest BCUT2D eigenvalue weighted by Gasteiger charge is -2.37. The average Bonchev–Trinajstić information content (AvgIpc) is 3.01. The fourth-order valence-corrected chi connectivity index (χ4v) is 4.21. The van der Waals surface area contributed by atoms with Crippen LogP contribution in [-0.4, -0.2) is 78.8 Å². The molecule has 2 aliphatic rings. The molecule has 2 aliphatic heterocycles. The topological polar surface area (TPSA) is 106 Å². The van der Waals surface area contributed by atoms with Crippen LogP contribution in [0.4, 0.5) is 4.79 Å². The molecular weight excluding hydrogens is 410 g/mol. The van der Waals surface area contributed by atoms with Crippen molar-refractivity contribution >= 4 is 21.8 Å². The summed E-state index contributed by atoms with van der Waals surface area (Å²) in [5.74, 6) is 0.278. The van der Waals surface area contributed by atoms with E-state index in [0.717, 1.165) is 6.26 Å². The molecule has 0 radical (unpaired) electrons. The Labute approximate surface area is 177 Å². The van der Waals surface area contributed by atoms with Gasteiger partial charge in [0.15, 0.2) is 21.0 Å². The number of ether oxygens (including phenoxy) is 2. The van der Waals surface area contributed by atoms with Crippen LogP contribution in [0.15, 0.2) is 23.4 Å². The SMILES string of the molecule is CC(C)(C)OC(=O)N1CCC(N2CCC(Oc3ccc(S(C)(=O)=O)nc3)C2=O)CC1. The van der Waals surface area contributed by atoms with Crippen LogP contribution in [-0.2, 0) is 19.4 Å². The predicted molar refractivity (Wildman–Crippen MR) is 109 cm³/mol. The maximum Gasteiger partial charge on any atom is 0.410 e. The van der Waals surface area contributed by atoms with Crippen molar-refractivity contribution < 1.29 is 27.5 Å². The summed E-state index contributed by atoms with van der Waals surface area (Å²) >= 11 is 0. The highest BCUT2D eigenvalue weighted by Crippen LogP contribution is 2.26. The van der Waals surface area contributed by atoms with Gasteiger partial charge in [-0.1, -0.05) is 0 Å². The van der Waals surface area contributed by atoms with E-state index in [4.69, 9.17) is 9.47 Å². The van der Waals surface area contributed by atoms with Crippen LogP contribution in [0.25, 0.3) is 0 Å². The molecule has 0 aromatic carbocycles. The molecule has 2 fully saturated rings. The summed E-state index contributed by atoms with van der Waals surface area (Å²) in [5, 5.41) is -0.0361. The van der Waals surface area contributed by atoms with Gasteiger partial charge in [0, 0.05) is 38.4 Å². The van der Waals surface area contributed by atoms with Crippen LogP contribution in [0.3, 0.4) is 0 Å². The molecule has 0 N–H and O–H groups in total. The highest BCUT2D eigenvalue weighted by atomic mass is 32.2. The molecule has 1 unspecified atom stereocenters. The number of carbonyl (C=O) groups excluding carboxylic acids is 2. The zero-order chi connectivity index (χ0) is 22.1. The number of carbonyl (C=O) groups is 2. The smallest absolute Gasteiger partial charge is 0.410 e. The van der Waals surface area contributed by atoms with Crippen molar-refractivity contribution in [1.82, 2.24) is 14.8 Å². The van der Waals surface area contributed by atoms with Gasteiger partial charge < -0.3 is 19.3 Å². The van der Waals surface area contributed by atoms with Crippen molar-refractivity contribution in [1.29, 1.82) is 0 Å². The van der Waals surface area contributed by atoms with E-state index < -0.39 is 21.5 Å². The van der Waals surface area contributed by atoms with Gasteiger partial charge >= 0.3 is 6.09 Å². The summed E-state index contributed by atoms with van der Waals surface area (Å²) in [6.07, 6.45) is 3.43. The van der Waals surface area contributed by atoms with Crippen LogP contribution in [0.1, 0.15) is 40.0 Å². The summed E-state index contributed by atoms with van der Waals surface area (Å²) in [6.45, 7) is 7.20. The van der Waals surface area contributed by atoms with Gasteiger partial charge in [0.05, 0.1) is 6.20 Å². The lowest BCUT2D eigenvalue weighted by Crippen LogP contribution is -2.49. The van der Waals surface area contributed by atoms with E-state index in [9.17, 15) is 18.0 Å². The van der Waals surface area contributed by atoms with Crippen molar-refractivity contribution in [3.8, 4) is 5.75 Å². The minimum absolute atomic E-state index is 0.0361. The Hall–Kier alpha value is -2.36. The fourth-order valence-electron chi connectivity index (χ4n) is 3.65. The van der Waals surface area contributed by atoms with Crippen LogP contribution < -0.4 is 4.74 Å². The fraction of sp³-hybridized carbons (Fsp3) is 0.650. The molecule has 30 heavy (non-hydrogen) atoms. The normalized spacial score (nSPS) is 21.1. The molecule has 10 heteroatoms. The van der Waals surface area contributed by atoms with E-state index in [1.165, 1.54) is 18.3 Å². The molecule has 2 amide bonds. The summed E-state index contributed by atoms with van der Waals surface area (Å²) < 4.78 is 34.2. The van der Waals surface area contributed by atoms with Crippen molar-refractivity contribution in [3.05, 3.63) is 18.3 Å². The molecule has 0 bridgehead atoms. The maximum absolute atomic E-state index is 12.8. The van der Waals surface area contributed by atoms with Gasteiger partial charge in [0.1, 0.15) is 11.4 Å². The number of hydrogen-bond donors (Lipinski definition) is 0. The van der Waals surface area contributed by atoms with Crippen molar-refractivity contribution in [2.75, 3.05) is 25.9 Å². The number of amides is 2. The average molecular weight is 440 g/mol. The summed E-state index contributed by atoms with van der Waals surface area (Å²) in [6, 6.07) is 2.95. The van der Waals surface area contributed by atoms with Gasteiger partial charge in [-0.2, -0.15) is 0 Å². The third-order valence-electron chi connectivity index (χ3n) is 5.12. The van der Waals surface area contributed by atoms with E-state index in [-0.39, 0.29) is 23.1 Å². The number of sulfone groups is 1. The summed E-state index contributed by atoms with van der Waals surface area (Å²) in [7, 11) is -3.38. The molecule has 1 atom stereocenters. The van der Waals surface area contributed by atoms with Gasteiger partial charge in [-0.05, 0) is 45.7 Å². The van der Waals surface area contributed by atoms with Gasteiger partial charge in [-0.15, -0.1) is 0 Å². The van der Waals surface area contributed by atoms with Gasteiger partial charge in [0.25, 0.3) is 5.91 Å². The highest BCUT2D eigenvalue weighted by molar-refractivity contribution is 7.90. The minimum atomic E-state index is -3.38. The molecule has 3 rings (SSSR count).